The summed E-state index contributed by atoms with van der Waals surface area (Å²) in [7, 11) is 0. The maximum atomic E-state index is 6.16. The van der Waals surface area contributed by atoms with Crippen molar-refractivity contribution in [1.82, 2.24) is 0 Å². The summed E-state index contributed by atoms with van der Waals surface area (Å²) in [5, 5.41) is 0.666. The molecule has 0 saturated heterocycles. The molecule has 0 heterocycles. The molecule has 0 unspecified atom stereocenters. The third-order valence-electron chi connectivity index (χ3n) is 3.36. The summed E-state index contributed by atoms with van der Waals surface area (Å²) in [5.74, 6) is 1.65. The van der Waals surface area contributed by atoms with Crippen LogP contribution in [0, 0.1) is 0 Å². The standard InChI is InChI=1S/C18H22ClNO/c1-18(2,3)15-6-4-5-7-16(15)21-17-12-14(19)9-8-13(17)10-11-20/h4-9,12H,10-11,20H2,1-3H3. The van der Waals surface area contributed by atoms with Crippen LogP contribution >= 0.6 is 11.6 Å². The molecule has 0 fully saturated rings. The SMILES string of the molecule is CC(C)(C)c1ccccc1Oc1cc(Cl)ccc1CCN. The smallest absolute Gasteiger partial charge is 0.132 e. The van der Waals surface area contributed by atoms with E-state index >= 15 is 0 Å². The molecule has 0 aromatic heterocycles. The molecule has 0 atom stereocenters. The highest BCUT2D eigenvalue weighted by atomic mass is 35.5. The minimum atomic E-state index is 0.0171. The van der Waals surface area contributed by atoms with Crippen molar-refractivity contribution in [3.8, 4) is 11.5 Å². The number of benzene rings is 2. The Balaban J connectivity index is 2.41. The van der Waals surface area contributed by atoms with Gasteiger partial charge < -0.3 is 10.5 Å². The first-order chi connectivity index (χ1) is 9.91. The summed E-state index contributed by atoms with van der Waals surface area (Å²) < 4.78 is 6.16. The van der Waals surface area contributed by atoms with Crippen LogP contribution in [0.2, 0.25) is 5.02 Å². The zero-order chi connectivity index (χ0) is 15.5. The Hall–Kier alpha value is -1.51. The molecular formula is C18H22ClNO. The number of halogens is 1. The van der Waals surface area contributed by atoms with Crippen molar-refractivity contribution in [2.75, 3.05) is 6.54 Å². The maximum absolute atomic E-state index is 6.16. The summed E-state index contributed by atoms with van der Waals surface area (Å²) in [6, 6.07) is 13.8. The highest BCUT2D eigenvalue weighted by Gasteiger charge is 2.19. The molecule has 112 valence electrons. The third kappa shape index (κ3) is 3.99. The van der Waals surface area contributed by atoms with Crippen molar-refractivity contribution >= 4 is 11.6 Å². The van der Waals surface area contributed by atoms with Crippen LogP contribution in [0.3, 0.4) is 0 Å². The quantitative estimate of drug-likeness (QED) is 0.869. The van der Waals surface area contributed by atoms with E-state index in [9.17, 15) is 0 Å². The molecule has 0 radical (unpaired) electrons. The summed E-state index contributed by atoms with van der Waals surface area (Å²) in [6.45, 7) is 7.11. The van der Waals surface area contributed by atoms with Gasteiger partial charge in [0.1, 0.15) is 11.5 Å². The Kier molecular flexibility index (Phi) is 4.92. The predicted molar refractivity (Wildman–Crippen MR) is 89.4 cm³/mol. The highest BCUT2D eigenvalue weighted by Crippen LogP contribution is 2.36. The molecule has 2 aromatic rings. The van der Waals surface area contributed by atoms with Crippen molar-refractivity contribution in [1.29, 1.82) is 0 Å². The van der Waals surface area contributed by atoms with Crippen molar-refractivity contribution in [2.45, 2.75) is 32.6 Å². The molecule has 2 rings (SSSR count). The van der Waals surface area contributed by atoms with Crippen LogP contribution in [0.5, 0.6) is 11.5 Å². The molecule has 0 amide bonds. The molecule has 0 aliphatic heterocycles. The second-order valence-corrected chi connectivity index (χ2v) is 6.58. The van der Waals surface area contributed by atoms with Gasteiger partial charge in [0.15, 0.2) is 0 Å². The minimum absolute atomic E-state index is 0.0171. The molecule has 0 saturated carbocycles. The van der Waals surface area contributed by atoms with Crippen molar-refractivity contribution in [3.63, 3.8) is 0 Å². The van der Waals surface area contributed by atoms with Gasteiger partial charge in [0.25, 0.3) is 0 Å². The summed E-state index contributed by atoms with van der Waals surface area (Å²) >= 11 is 6.10. The van der Waals surface area contributed by atoms with E-state index in [1.165, 1.54) is 5.56 Å². The lowest BCUT2D eigenvalue weighted by molar-refractivity contribution is 0.450. The van der Waals surface area contributed by atoms with Crippen molar-refractivity contribution < 1.29 is 4.74 Å². The number of ether oxygens (including phenoxy) is 1. The number of nitrogens with two attached hydrogens (primary N) is 1. The fourth-order valence-electron chi connectivity index (χ4n) is 2.28. The Morgan fingerprint density at radius 1 is 1.05 bits per heavy atom. The second-order valence-electron chi connectivity index (χ2n) is 6.14. The van der Waals surface area contributed by atoms with E-state index in [4.69, 9.17) is 22.1 Å². The van der Waals surface area contributed by atoms with Gasteiger partial charge in [0.05, 0.1) is 0 Å². The Morgan fingerprint density at radius 2 is 1.76 bits per heavy atom. The van der Waals surface area contributed by atoms with Gasteiger partial charge in [-0.05, 0) is 42.1 Å². The van der Waals surface area contributed by atoms with Crippen molar-refractivity contribution in [3.05, 3.63) is 58.6 Å². The number of hydrogen-bond donors (Lipinski definition) is 1. The molecule has 2 nitrogen and oxygen atoms in total. The van der Waals surface area contributed by atoms with E-state index < -0.39 is 0 Å². The molecule has 2 N–H and O–H groups in total. The van der Waals surface area contributed by atoms with Gasteiger partial charge in [0.2, 0.25) is 0 Å². The molecule has 0 bridgehead atoms. The van der Waals surface area contributed by atoms with Crippen LogP contribution in [-0.2, 0) is 11.8 Å². The summed E-state index contributed by atoms with van der Waals surface area (Å²) in [6.07, 6.45) is 0.768. The summed E-state index contributed by atoms with van der Waals surface area (Å²) in [4.78, 5) is 0. The van der Waals surface area contributed by atoms with E-state index in [1.54, 1.807) is 0 Å². The van der Waals surface area contributed by atoms with E-state index in [0.717, 1.165) is 23.5 Å². The molecule has 2 aromatic carbocycles. The lowest BCUT2D eigenvalue weighted by atomic mass is 9.86. The van der Waals surface area contributed by atoms with Gasteiger partial charge in [-0.2, -0.15) is 0 Å². The third-order valence-corrected chi connectivity index (χ3v) is 3.59. The monoisotopic (exact) mass is 303 g/mol. The predicted octanol–water partition coefficient (Wildman–Crippen LogP) is 4.93. The Morgan fingerprint density at radius 3 is 2.43 bits per heavy atom. The minimum Gasteiger partial charge on any atom is -0.457 e. The Bertz CT molecular complexity index is 617. The fourth-order valence-corrected chi connectivity index (χ4v) is 2.44. The number of rotatable bonds is 4. The van der Waals surface area contributed by atoms with Crippen LogP contribution < -0.4 is 10.5 Å². The van der Waals surface area contributed by atoms with E-state index in [1.807, 2.05) is 36.4 Å². The largest absolute Gasteiger partial charge is 0.457 e. The second kappa shape index (κ2) is 6.50. The first-order valence-electron chi connectivity index (χ1n) is 7.17. The lowest BCUT2D eigenvalue weighted by Crippen LogP contribution is -2.12. The number of hydrogen-bond acceptors (Lipinski definition) is 2. The van der Waals surface area contributed by atoms with Crippen LogP contribution in [0.15, 0.2) is 42.5 Å². The zero-order valence-corrected chi connectivity index (χ0v) is 13.6. The topological polar surface area (TPSA) is 35.2 Å². The Labute approximate surface area is 131 Å². The van der Waals surface area contributed by atoms with Crippen LogP contribution in [0.1, 0.15) is 31.9 Å². The molecular weight excluding hydrogens is 282 g/mol. The molecule has 0 spiro atoms. The van der Waals surface area contributed by atoms with Gasteiger partial charge in [-0.3, -0.25) is 0 Å². The van der Waals surface area contributed by atoms with E-state index in [0.29, 0.717) is 11.6 Å². The summed E-state index contributed by atoms with van der Waals surface area (Å²) in [5.41, 5.74) is 7.93. The maximum Gasteiger partial charge on any atom is 0.132 e. The fraction of sp³-hybridized carbons (Fsp3) is 0.333. The van der Waals surface area contributed by atoms with E-state index in [2.05, 4.69) is 26.8 Å². The highest BCUT2D eigenvalue weighted by molar-refractivity contribution is 6.30. The van der Waals surface area contributed by atoms with Gasteiger partial charge >= 0.3 is 0 Å². The van der Waals surface area contributed by atoms with Crippen LogP contribution in [-0.4, -0.2) is 6.54 Å². The molecule has 21 heavy (non-hydrogen) atoms. The average molecular weight is 304 g/mol. The van der Waals surface area contributed by atoms with Crippen LogP contribution in [0.4, 0.5) is 0 Å². The molecule has 0 aliphatic rings. The first-order valence-corrected chi connectivity index (χ1v) is 7.55. The van der Waals surface area contributed by atoms with E-state index in [-0.39, 0.29) is 5.41 Å². The molecule has 3 heteroatoms. The van der Waals surface area contributed by atoms with Gasteiger partial charge in [-0.25, -0.2) is 0 Å². The normalized spacial score (nSPS) is 11.5. The van der Waals surface area contributed by atoms with Crippen LogP contribution in [0.25, 0.3) is 0 Å². The van der Waals surface area contributed by atoms with Gasteiger partial charge in [0, 0.05) is 10.6 Å². The average Bonchev–Trinajstić information content (AvgIpc) is 2.41. The molecule has 0 aliphatic carbocycles. The van der Waals surface area contributed by atoms with Crippen molar-refractivity contribution in [2.24, 2.45) is 5.73 Å². The number of para-hydroxylation sites is 1. The first kappa shape index (κ1) is 15.9. The zero-order valence-electron chi connectivity index (χ0n) is 12.8. The lowest BCUT2D eigenvalue weighted by Gasteiger charge is -2.23. The van der Waals surface area contributed by atoms with Gasteiger partial charge in [-0.15, -0.1) is 0 Å². The van der Waals surface area contributed by atoms with Gasteiger partial charge in [-0.1, -0.05) is 56.6 Å².